The van der Waals surface area contributed by atoms with Crippen molar-refractivity contribution in [3.05, 3.63) is 35.5 Å². The van der Waals surface area contributed by atoms with Crippen LogP contribution >= 0.6 is 11.6 Å². The second kappa shape index (κ2) is 2.83. The number of rotatable bonds is 1. The Balaban J connectivity index is 3.20. The van der Waals surface area contributed by atoms with Crippen LogP contribution in [0.3, 0.4) is 0 Å². The predicted molar refractivity (Wildman–Crippen MR) is 44.0 cm³/mol. The smallest absolute Gasteiger partial charge is 0.179 e. The highest BCUT2D eigenvalue weighted by atomic mass is 35.5. The van der Waals surface area contributed by atoms with E-state index in [0.29, 0.717) is 5.02 Å². The Morgan fingerprint density at radius 3 is 2.00 bits per heavy atom. The van der Waals surface area contributed by atoms with Crippen LogP contribution in [0.15, 0.2) is 29.2 Å². The Labute approximate surface area is 70.7 Å². The molecule has 0 heterocycles. The maximum Gasteiger partial charge on any atom is 0.179 e. The number of benzene rings is 1. The summed E-state index contributed by atoms with van der Waals surface area (Å²) < 4.78 is 21.6. The van der Waals surface area contributed by atoms with E-state index in [-0.39, 0.29) is 4.90 Å². The first-order valence-electron chi connectivity index (χ1n) is 2.84. The van der Waals surface area contributed by atoms with Gasteiger partial charge in [0.25, 0.3) is 0 Å². The first-order valence-corrected chi connectivity index (χ1v) is 4.87. The highest BCUT2D eigenvalue weighted by Crippen LogP contribution is 2.13. The van der Waals surface area contributed by atoms with E-state index in [2.05, 4.69) is 6.26 Å². The van der Waals surface area contributed by atoms with Gasteiger partial charge >= 0.3 is 0 Å². The van der Waals surface area contributed by atoms with Crippen LogP contribution in [0, 0.1) is 6.26 Å². The van der Waals surface area contributed by atoms with Crippen LogP contribution in [0.25, 0.3) is 0 Å². The molecule has 0 atom stereocenters. The lowest BCUT2D eigenvalue weighted by Crippen LogP contribution is -1.92. The molecule has 0 fully saturated rings. The Kier molecular flexibility index (Phi) is 2.20. The van der Waals surface area contributed by atoms with Gasteiger partial charge in [0.15, 0.2) is 9.84 Å². The van der Waals surface area contributed by atoms with Crippen LogP contribution < -0.4 is 0 Å². The van der Waals surface area contributed by atoms with Gasteiger partial charge in [0.1, 0.15) is 0 Å². The third kappa shape index (κ3) is 2.20. The first-order chi connectivity index (χ1) is 5.00. The van der Waals surface area contributed by atoms with Gasteiger partial charge in [0.05, 0.1) is 11.2 Å². The molecular weight excluding hydrogens is 184 g/mol. The van der Waals surface area contributed by atoms with Crippen molar-refractivity contribution < 1.29 is 8.42 Å². The van der Waals surface area contributed by atoms with E-state index in [1.165, 1.54) is 24.3 Å². The van der Waals surface area contributed by atoms with Gasteiger partial charge in [-0.3, -0.25) is 0 Å². The van der Waals surface area contributed by atoms with E-state index in [9.17, 15) is 8.42 Å². The summed E-state index contributed by atoms with van der Waals surface area (Å²) in [4.78, 5) is 0.182. The molecule has 0 aliphatic carbocycles. The third-order valence-corrected chi connectivity index (χ3v) is 2.42. The Bertz CT molecular complexity index is 339. The standard InChI is InChI=1S/C7H6ClO2S/c1-11(9,10)7-4-2-6(8)3-5-7/h2-5H,1H2. The normalized spacial score (nSPS) is 11.5. The second-order valence-electron chi connectivity index (χ2n) is 2.07. The number of hydrogen-bond donors (Lipinski definition) is 0. The summed E-state index contributed by atoms with van der Waals surface area (Å²) in [7, 11) is -3.33. The molecule has 0 aliphatic heterocycles. The van der Waals surface area contributed by atoms with Crippen LogP contribution in [0.5, 0.6) is 0 Å². The summed E-state index contributed by atoms with van der Waals surface area (Å²) in [6.45, 7) is 0. The zero-order chi connectivity index (χ0) is 8.48. The molecule has 0 bridgehead atoms. The van der Waals surface area contributed by atoms with Gasteiger partial charge in [-0.1, -0.05) is 11.6 Å². The van der Waals surface area contributed by atoms with E-state index in [1.807, 2.05) is 0 Å². The van der Waals surface area contributed by atoms with E-state index in [0.717, 1.165) is 0 Å². The maximum atomic E-state index is 10.8. The minimum absolute atomic E-state index is 0.182. The largest absolute Gasteiger partial charge is 0.224 e. The molecule has 4 heteroatoms. The second-order valence-corrected chi connectivity index (χ2v) is 4.21. The quantitative estimate of drug-likeness (QED) is 0.676. The van der Waals surface area contributed by atoms with Crippen molar-refractivity contribution in [2.45, 2.75) is 4.90 Å². The molecule has 0 aliphatic rings. The van der Waals surface area contributed by atoms with Crippen molar-refractivity contribution in [3.63, 3.8) is 0 Å². The Morgan fingerprint density at radius 2 is 1.64 bits per heavy atom. The minimum Gasteiger partial charge on any atom is -0.224 e. The van der Waals surface area contributed by atoms with E-state index in [1.54, 1.807) is 0 Å². The van der Waals surface area contributed by atoms with Crippen molar-refractivity contribution in [1.82, 2.24) is 0 Å². The molecule has 0 unspecified atom stereocenters. The summed E-state index contributed by atoms with van der Waals surface area (Å²) in [5.74, 6) is 0. The van der Waals surface area contributed by atoms with Crippen molar-refractivity contribution in [3.8, 4) is 0 Å². The van der Waals surface area contributed by atoms with Crippen molar-refractivity contribution in [2.24, 2.45) is 0 Å². The SMILES string of the molecule is [CH2]S(=O)(=O)c1ccc(Cl)cc1. The van der Waals surface area contributed by atoms with Gasteiger partial charge in [-0.15, -0.1) is 0 Å². The predicted octanol–water partition coefficient (Wildman–Crippen LogP) is 1.91. The summed E-state index contributed by atoms with van der Waals surface area (Å²) in [5.41, 5.74) is 0. The monoisotopic (exact) mass is 189 g/mol. The molecule has 0 saturated heterocycles. The molecule has 1 radical (unpaired) electrons. The molecule has 59 valence electrons. The molecule has 0 aromatic heterocycles. The summed E-state index contributed by atoms with van der Waals surface area (Å²) in [6, 6.07) is 5.87. The fourth-order valence-electron chi connectivity index (χ4n) is 0.642. The van der Waals surface area contributed by atoms with Crippen LogP contribution in [-0.4, -0.2) is 8.42 Å². The van der Waals surface area contributed by atoms with E-state index < -0.39 is 9.84 Å². The van der Waals surface area contributed by atoms with Crippen LogP contribution in [-0.2, 0) is 9.84 Å². The molecule has 1 rings (SSSR count). The van der Waals surface area contributed by atoms with Gasteiger partial charge in [0, 0.05) is 5.02 Å². The lowest BCUT2D eigenvalue weighted by Gasteiger charge is -1.95. The Hall–Kier alpha value is -0.540. The lowest BCUT2D eigenvalue weighted by atomic mass is 10.4. The number of sulfone groups is 1. The van der Waals surface area contributed by atoms with Crippen molar-refractivity contribution >= 4 is 21.4 Å². The fourth-order valence-corrected chi connectivity index (χ4v) is 1.32. The molecule has 2 nitrogen and oxygen atoms in total. The average molecular weight is 190 g/mol. The van der Waals surface area contributed by atoms with Crippen LogP contribution in [0.4, 0.5) is 0 Å². The minimum atomic E-state index is -3.33. The van der Waals surface area contributed by atoms with Crippen LogP contribution in [0.2, 0.25) is 5.02 Å². The van der Waals surface area contributed by atoms with Gasteiger partial charge in [-0.05, 0) is 24.3 Å². The zero-order valence-corrected chi connectivity index (χ0v) is 7.19. The number of hydrogen-bond acceptors (Lipinski definition) is 2. The molecule has 1 aromatic rings. The van der Waals surface area contributed by atoms with E-state index >= 15 is 0 Å². The lowest BCUT2D eigenvalue weighted by molar-refractivity contribution is 0.604. The molecule has 1 aromatic carbocycles. The van der Waals surface area contributed by atoms with Gasteiger partial charge < -0.3 is 0 Å². The highest BCUT2D eigenvalue weighted by molar-refractivity contribution is 7.92. The van der Waals surface area contributed by atoms with Crippen molar-refractivity contribution in [2.75, 3.05) is 0 Å². The summed E-state index contributed by atoms with van der Waals surface area (Å²) in [5, 5.41) is 0.511. The summed E-state index contributed by atoms with van der Waals surface area (Å²) >= 11 is 5.55. The maximum absolute atomic E-state index is 10.8. The highest BCUT2D eigenvalue weighted by Gasteiger charge is 2.04. The number of halogens is 1. The van der Waals surface area contributed by atoms with E-state index in [4.69, 9.17) is 11.6 Å². The van der Waals surface area contributed by atoms with Crippen molar-refractivity contribution in [1.29, 1.82) is 0 Å². The molecule has 0 amide bonds. The summed E-state index contributed by atoms with van der Waals surface area (Å²) in [6.07, 6.45) is 3.00. The Morgan fingerprint density at radius 1 is 1.18 bits per heavy atom. The topological polar surface area (TPSA) is 34.1 Å². The molecule has 0 N–H and O–H groups in total. The van der Waals surface area contributed by atoms with Gasteiger partial charge in [-0.2, -0.15) is 0 Å². The van der Waals surface area contributed by atoms with Gasteiger partial charge in [-0.25, -0.2) is 8.42 Å². The molecular formula is C7H6ClO2S. The molecule has 0 spiro atoms. The van der Waals surface area contributed by atoms with Crippen LogP contribution in [0.1, 0.15) is 0 Å². The average Bonchev–Trinajstić information content (AvgIpc) is 1.86. The molecule has 0 saturated carbocycles. The third-order valence-electron chi connectivity index (χ3n) is 1.17. The fraction of sp³-hybridized carbons (Fsp3) is 0. The first kappa shape index (κ1) is 8.56. The van der Waals surface area contributed by atoms with Gasteiger partial charge in [0.2, 0.25) is 0 Å². The molecule has 11 heavy (non-hydrogen) atoms. The zero-order valence-electron chi connectivity index (χ0n) is 5.62.